The molecule has 2 nitrogen and oxygen atoms in total. The number of para-hydroxylation sites is 2. The lowest BCUT2D eigenvalue weighted by Crippen LogP contribution is -1.94. The Morgan fingerprint density at radius 1 is 1.05 bits per heavy atom. The number of ether oxygens (including phenoxy) is 2. The predicted octanol–water partition coefficient (Wildman–Crippen LogP) is 5.27. The first kappa shape index (κ1) is 14.0. The number of hydrogen-bond donors (Lipinski definition) is 0. The highest BCUT2D eigenvalue weighted by molar-refractivity contribution is 6.32. The van der Waals surface area contributed by atoms with E-state index < -0.39 is 0 Å². The topological polar surface area (TPSA) is 18.5 Å². The highest BCUT2D eigenvalue weighted by Gasteiger charge is 2.07. The Bertz CT molecular complexity index is 556. The van der Waals surface area contributed by atoms with E-state index in [1.165, 1.54) is 0 Å². The minimum atomic E-state index is 0.384. The van der Waals surface area contributed by atoms with Gasteiger partial charge in [-0.1, -0.05) is 29.8 Å². The van der Waals surface area contributed by atoms with Crippen molar-refractivity contribution in [3.8, 4) is 17.2 Å². The van der Waals surface area contributed by atoms with Crippen LogP contribution in [-0.4, -0.2) is 6.61 Å². The number of hydrogen-bond acceptors (Lipinski definition) is 2. The van der Waals surface area contributed by atoms with E-state index in [1.807, 2.05) is 43.3 Å². The van der Waals surface area contributed by atoms with Crippen LogP contribution in [0, 0.1) is 0 Å². The molecular weight excluding hydrogens is 283 g/mol. The van der Waals surface area contributed by atoms with E-state index in [2.05, 4.69) is 0 Å². The second-order valence-electron chi connectivity index (χ2n) is 3.87. The summed E-state index contributed by atoms with van der Waals surface area (Å²) in [5, 5.41) is 0.599. The van der Waals surface area contributed by atoms with Crippen LogP contribution < -0.4 is 9.47 Å². The van der Waals surface area contributed by atoms with Gasteiger partial charge in [0.25, 0.3) is 0 Å². The first-order valence-corrected chi connectivity index (χ1v) is 6.90. The van der Waals surface area contributed by atoms with Crippen molar-refractivity contribution in [3.63, 3.8) is 0 Å². The molecule has 0 aromatic heterocycles. The standard InChI is InChI=1S/C15H14Cl2O2/c1-2-18-14-5-3-4-6-15(14)19-12-8-7-11(10-16)13(17)9-12/h3-9H,2,10H2,1H3. The molecular formula is C15H14Cl2O2. The van der Waals surface area contributed by atoms with Gasteiger partial charge in [-0.15, -0.1) is 11.6 Å². The summed E-state index contributed by atoms with van der Waals surface area (Å²) in [5.41, 5.74) is 0.883. The Kier molecular flexibility index (Phi) is 4.94. The number of alkyl halides is 1. The molecule has 0 aliphatic heterocycles. The predicted molar refractivity (Wildman–Crippen MR) is 78.7 cm³/mol. The third-order valence-corrected chi connectivity index (χ3v) is 3.19. The maximum Gasteiger partial charge on any atom is 0.169 e. The summed E-state index contributed by atoms with van der Waals surface area (Å²) >= 11 is 11.9. The quantitative estimate of drug-likeness (QED) is 0.700. The molecule has 0 saturated heterocycles. The maximum absolute atomic E-state index is 6.10. The van der Waals surface area contributed by atoms with Gasteiger partial charge < -0.3 is 9.47 Å². The van der Waals surface area contributed by atoms with E-state index in [0.29, 0.717) is 34.8 Å². The van der Waals surface area contributed by atoms with Crippen LogP contribution in [0.4, 0.5) is 0 Å². The number of rotatable bonds is 5. The minimum absolute atomic E-state index is 0.384. The smallest absolute Gasteiger partial charge is 0.169 e. The Labute approximate surface area is 122 Å². The third-order valence-electron chi connectivity index (χ3n) is 2.55. The van der Waals surface area contributed by atoms with Gasteiger partial charge in [0.2, 0.25) is 0 Å². The van der Waals surface area contributed by atoms with Crippen molar-refractivity contribution in [3.05, 3.63) is 53.1 Å². The van der Waals surface area contributed by atoms with Gasteiger partial charge in [-0.3, -0.25) is 0 Å². The fraction of sp³-hybridized carbons (Fsp3) is 0.200. The molecule has 4 heteroatoms. The van der Waals surface area contributed by atoms with E-state index in [-0.39, 0.29) is 0 Å². The number of halogens is 2. The third kappa shape index (κ3) is 3.55. The lowest BCUT2D eigenvalue weighted by molar-refractivity contribution is 0.321. The Balaban J connectivity index is 2.23. The maximum atomic E-state index is 6.10. The summed E-state index contributed by atoms with van der Waals surface area (Å²) in [4.78, 5) is 0. The zero-order chi connectivity index (χ0) is 13.7. The largest absolute Gasteiger partial charge is 0.490 e. The summed E-state index contributed by atoms with van der Waals surface area (Å²) in [7, 11) is 0. The van der Waals surface area contributed by atoms with Crippen LogP contribution in [-0.2, 0) is 5.88 Å². The molecule has 2 rings (SSSR count). The lowest BCUT2D eigenvalue weighted by atomic mass is 10.2. The van der Waals surface area contributed by atoms with E-state index >= 15 is 0 Å². The number of benzene rings is 2. The van der Waals surface area contributed by atoms with Crippen molar-refractivity contribution >= 4 is 23.2 Å². The van der Waals surface area contributed by atoms with Crippen LogP contribution in [0.2, 0.25) is 5.02 Å². The molecule has 0 fully saturated rings. The normalized spacial score (nSPS) is 10.3. The van der Waals surface area contributed by atoms with Crippen molar-refractivity contribution in [1.82, 2.24) is 0 Å². The van der Waals surface area contributed by atoms with E-state index in [4.69, 9.17) is 32.7 Å². The zero-order valence-electron chi connectivity index (χ0n) is 10.5. The van der Waals surface area contributed by atoms with Crippen LogP contribution in [0.5, 0.6) is 17.2 Å². The molecule has 0 aliphatic carbocycles. The Morgan fingerprint density at radius 3 is 2.42 bits per heavy atom. The van der Waals surface area contributed by atoms with Crippen LogP contribution >= 0.6 is 23.2 Å². The van der Waals surface area contributed by atoms with Gasteiger partial charge in [0.1, 0.15) is 5.75 Å². The Morgan fingerprint density at radius 2 is 1.79 bits per heavy atom. The average Bonchev–Trinajstić information content (AvgIpc) is 2.41. The summed E-state index contributed by atoms with van der Waals surface area (Å²) in [6, 6.07) is 13.0. The van der Waals surface area contributed by atoms with Gasteiger partial charge in [-0.25, -0.2) is 0 Å². The van der Waals surface area contributed by atoms with Gasteiger partial charge in [0.05, 0.1) is 6.61 Å². The first-order chi connectivity index (χ1) is 9.24. The van der Waals surface area contributed by atoms with Gasteiger partial charge in [0, 0.05) is 10.9 Å². The van der Waals surface area contributed by atoms with E-state index in [0.717, 1.165) is 5.56 Å². The second kappa shape index (κ2) is 6.69. The lowest BCUT2D eigenvalue weighted by Gasteiger charge is -2.12. The molecule has 0 unspecified atom stereocenters. The molecule has 0 radical (unpaired) electrons. The van der Waals surface area contributed by atoms with Crippen LogP contribution in [0.1, 0.15) is 12.5 Å². The second-order valence-corrected chi connectivity index (χ2v) is 4.54. The van der Waals surface area contributed by atoms with Gasteiger partial charge in [-0.2, -0.15) is 0 Å². The highest BCUT2D eigenvalue weighted by atomic mass is 35.5. The summed E-state index contributed by atoms with van der Waals surface area (Å²) in [5.74, 6) is 2.42. The molecule has 100 valence electrons. The molecule has 0 saturated carbocycles. The van der Waals surface area contributed by atoms with Crippen LogP contribution in [0.25, 0.3) is 0 Å². The highest BCUT2D eigenvalue weighted by Crippen LogP contribution is 2.33. The molecule has 2 aromatic rings. The molecule has 0 spiro atoms. The minimum Gasteiger partial charge on any atom is -0.490 e. The van der Waals surface area contributed by atoms with Gasteiger partial charge in [0.15, 0.2) is 11.5 Å². The molecule has 19 heavy (non-hydrogen) atoms. The van der Waals surface area contributed by atoms with Gasteiger partial charge >= 0.3 is 0 Å². The monoisotopic (exact) mass is 296 g/mol. The first-order valence-electron chi connectivity index (χ1n) is 5.98. The van der Waals surface area contributed by atoms with Crippen molar-refractivity contribution < 1.29 is 9.47 Å². The molecule has 0 atom stereocenters. The molecule has 2 aromatic carbocycles. The summed E-state index contributed by atoms with van der Waals surface area (Å²) < 4.78 is 11.3. The summed E-state index contributed by atoms with van der Waals surface area (Å²) in [6.07, 6.45) is 0. The molecule has 0 heterocycles. The molecule has 0 aliphatic rings. The molecule has 0 bridgehead atoms. The fourth-order valence-electron chi connectivity index (χ4n) is 1.64. The van der Waals surface area contributed by atoms with Crippen LogP contribution in [0.3, 0.4) is 0 Å². The Hall–Kier alpha value is -1.38. The molecule has 0 amide bonds. The van der Waals surface area contributed by atoms with Crippen molar-refractivity contribution in [2.24, 2.45) is 0 Å². The van der Waals surface area contributed by atoms with Crippen molar-refractivity contribution in [1.29, 1.82) is 0 Å². The molecule has 0 N–H and O–H groups in total. The summed E-state index contributed by atoms with van der Waals surface area (Å²) in [6.45, 7) is 2.52. The van der Waals surface area contributed by atoms with Crippen LogP contribution in [0.15, 0.2) is 42.5 Å². The van der Waals surface area contributed by atoms with Gasteiger partial charge in [-0.05, 0) is 36.8 Å². The van der Waals surface area contributed by atoms with E-state index in [9.17, 15) is 0 Å². The zero-order valence-corrected chi connectivity index (χ0v) is 12.0. The average molecular weight is 297 g/mol. The van der Waals surface area contributed by atoms with Crippen molar-refractivity contribution in [2.75, 3.05) is 6.61 Å². The van der Waals surface area contributed by atoms with Crippen molar-refractivity contribution in [2.45, 2.75) is 12.8 Å². The van der Waals surface area contributed by atoms with E-state index in [1.54, 1.807) is 6.07 Å². The SMILES string of the molecule is CCOc1ccccc1Oc1ccc(CCl)c(Cl)c1. The fourth-order valence-corrected chi connectivity index (χ4v) is 2.17.